The van der Waals surface area contributed by atoms with Crippen LogP contribution in [0.2, 0.25) is 10.0 Å². The maximum atomic E-state index is 6.05. The highest BCUT2D eigenvalue weighted by Gasteiger charge is 2.13. The van der Waals surface area contributed by atoms with Crippen LogP contribution in [0.15, 0.2) is 47.4 Å². The van der Waals surface area contributed by atoms with Crippen LogP contribution in [-0.2, 0) is 0 Å². The molecule has 0 aliphatic carbocycles. The number of nitrogens with one attached hydrogen (secondary N) is 1. The summed E-state index contributed by atoms with van der Waals surface area (Å²) in [5, 5.41) is 1.07. The summed E-state index contributed by atoms with van der Waals surface area (Å²) in [5.74, 6) is 5.66. The Morgan fingerprint density at radius 2 is 1.63 bits per heavy atom. The molecule has 19 heavy (non-hydrogen) atoms. The summed E-state index contributed by atoms with van der Waals surface area (Å²) in [6, 6.07) is 13.7. The summed E-state index contributed by atoms with van der Waals surface area (Å²) in [6.07, 6.45) is 2.05. The van der Waals surface area contributed by atoms with E-state index in [0.29, 0.717) is 10.0 Å². The number of hydrogen-bond donors (Lipinski definition) is 2. The van der Waals surface area contributed by atoms with E-state index in [1.54, 1.807) is 17.8 Å². The van der Waals surface area contributed by atoms with Crippen LogP contribution in [-0.4, -0.2) is 6.26 Å². The molecular formula is C14H14Cl2N2S. The molecule has 2 nitrogen and oxygen atoms in total. The molecular weight excluding hydrogens is 299 g/mol. The van der Waals surface area contributed by atoms with E-state index in [9.17, 15) is 0 Å². The Bertz CT molecular complexity index is 558. The predicted octanol–water partition coefficient (Wildman–Crippen LogP) is 4.27. The molecule has 0 saturated carbocycles. The third-order valence-corrected chi connectivity index (χ3v) is 4.38. The van der Waals surface area contributed by atoms with E-state index in [-0.39, 0.29) is 6.04 Å². The van der Waals surface area contributed by atoms with Gasteiger partial charge in [0.2, 0.25) is 0 Å². The fourth-order valence-corrected chi connectivity index (χ4v) is 2.59. The van der Waals surface area contributed by atoms with Crippen molar-refractivity contribution in [1.29, 1.82) is 0 Å². The number of nitrogens with two attached hydrogens (primary N) is 1. The molecule has 0 aliphatic heterocycles. The lowest BCUT2D eigenvalue weighted by Crippen LogP contribution is -2.28. The van der Waals surface area contributed by atoms with E-state index >= 15 is 0 Å². The summed E-state index contributed by atoms with van der Waals surface area (Å²) in [7, 11) is 0. The normalized spacial score (nSPS) is 12.4. The minimum atomic E-state index is -0.106. The van der Waals surface area contributed by atoms with Gasteiger partial charge >= 0.3 is 0 Å². The highest BCUT2D eigenvalue weighted by molar-refractivity contribution is 7.98. The summed E-state index contributed by atoms with van der Waals surface area (Å²) < 4.78 is 0. The molecule has 0 aliphatic rings. The van der Waals surface area contributed by atoms with Gasteiger partial charge in [-0.05, 0) is 41.6 Å². The van der Waals surface area contributed by atoms with E-state index < -0.39 is 0 Å². The van der Waals surface area contributed by atoms with Crippen molar-refractivity contribution in [3.05, 3.63) is 63.6 Å². The SMILES string of the molecule is CSc1ccc(C(NN)c2ccc(Cl)c(Cl)c2)cc1. The lowest BCUT2D eigenvalue weighted by atomic mass is 9.99. The second-order valence-electron chi connectivity index (χ2n) is 4.05. The van der Waals surface area contributed by atoms with Crippen molar-refractivity contribution in [2.24, 2.45) is 5.84 Å². The van der Waals surface area contributed by atoms with Gasteiger partial charge in [0.15, 0.2) is 0 Å². The molecule has 3 N–H and O–H groups in total. The number of halogens is 2. The Hall–Kier alpha value is -0.710. The van der Waals surface area contributed by atoms with Gasteiger partial charge in [-0.1, -0.05) is 41.4 Å². The van der Waals surface area contributed by atoms with Gasteiger partial charge in [0.05, 0.1) is 16.1 Å². The van der Waals surface area contributed by atoms with Crippen molar-refractivity contribution in [2.45, 2.75) is 10.9 Å². The van der Waals surface area contributed by atoms with Crippen molar-refractivity contribution < 1.29 is 0 Å². The van der Waals surface area contributed by atoms with E-state index in [1.165, 1.54) is 4.90 Å². The molecule has 0 spiro atoms. The summed E-state index contributed by atoms with van der Waals surface area (Å²) >= 11 is 13.7. The molecule has 100 valence electrons. The third kappa shape index (κ3) is 3.44. The summed E-state index contributed by atoms with van der Waals surface area (Å²) in [5.41, 5.74) is 4.87. The fourth-order valence-electron chi connectivity index (χ4n) is 1.87. The van der Waals surface area contributed by atoms with Gasteiger partial charge < -0.3 is 0 Å². The Labute approximate surface area is 127 Å². The Morgan fingerprint density at radius 1 is 1.00 bits per heavy atom. The van der Waals surface area contributed by atoms with Crippen LogP contribution in [0.25, 0.3) is 0 Å². The molecule has 0 fully saturated rings. The van der Waals surface area contributed by atoms with Gasteiger partial charge in [0.25, 0.3) is 0 Å². The quantitative estimate of drug-likeness (QED) is 0.503. The van der Waals surface area contributed by atoms with E-state index in [0.717, 1.165) is 11.1 Å². The molecule has 0 amide bonds. The van der Waals surface area contributed by atoms with Gasteiger partial charge in [0.1, 0.15) is 0 Å². The first kappa shape index (κ1) is 14.7. The van der Waals surface area contributed by atoms with Crippen LogP contribution >= 0.6 is 35.0 Å². The monoisotopic (exact) mass is 312 g/mol. The van der Waals surface area contributed by atoms with E-state index in [2.05, 4.69) is 29.7 Å². The second kappa shape index (κ2) is 6.64. The van der Waals surface area contributed by atoms with Crippen LogP contribution in [0, 0.1) is 0 Å². The smallest absolute Gasteiger partial charge is 0.0710 e. The average Bonchev–Trinajstić information content (AvgIpc) is 2.44. The highest BCUT2D eigenvalue weighted by Crippen LogP contribution is 2.29. The molecule has 2 rings (SSSR count). The second-order valence-corrected chi connectivity index (χ2v) is 5.74. The van der Waals surface area contributed by atoms with Crippen molar-refractivity contribution in [3.8, 4) is 0 Å². The standard InChI is InChI=1S/C14H14Cl2N2S/c1-19-11-5-2-9(3-6-11)14(18-17)10-4-7-12(15)13(16)8-10/h2-8,14,18H,17H2,1H3. The number of hydrazine groups is 1. The van der Waals surface area contributed by atoms with Crippen molar-refractivity contribution in [3.63, 3.8) is 0 Å². The van der Waals surface area contributed by atoms with Gasteiger partial charge in [-0.2, -0.15) is 0 Å². The molecule has 2 aromatic carbocycles. The summed E-state index contributed by atoms with van der Waals surface area (Å²) in [4.78, 5) is 1.22. The number of rotatable bonds is 4. The van der Waals surface area contributed by atoms with E-state index in [4.69, 9.17) is 29.0 Å². The molecule has 0 heterocycles. The van der Waals surface area contributed by atoms with Crippen molar-refractivity contribution in [2.75, 3.05) is 6.26 Å². The van der Waals surface area contributed by atoms with Gasteiger partial charge in [-0.15, -0.1) is 11.8 Å². The lowest BCUT2D eigenvalue weighted by Gasteiger charge is -2.17. The Balaban J connectivity index is 2.34. The molecule has 2 aromatic rings. The molecule has 0 bridgehead atoms. The predicted molar refractivity (Wildman–Crippen MR) is 83.9 cm³/mol. The zero-order valence-corrected chi connectivity index (χ0v) is 12.7. The maximum absolute atomic E-state index is 6.05. The molecule has 5 heteroatoms. The number of benzene rings is 2. The first-order valence-corrected chi connectivity index (χ1v) is 7.69. The lowest BCUT2D eigenvalue weighted by molar-refractivity contribution is 0.636. The fraction of sp³-hybridized carbons (Fsp3) is 0.143. The molecule has 1 unspecified atom stereocenters. The van der Waals surface area contributed by atoms with Crippen LogP contribution < -0.4 is 11.3 Å². The van der Waals surface area contributed by atoms with Crippen LogP contribution in [0.3, 0.4) is 0 Å². The zero-order chi connectivity index (χ0) is 13.8. The first-order valence-electron chi connectivity index (χ1n) is 5.70. The summed E-state index contributed by atoms with van der Waals surface area (Å²) in [6.45, 7) is 0. The first-order chi connectivity index (χ1) is 9.15. The highest BCUT2D eigenvalue weighted by atomic mass is 35.5. The Morgan fingerprint density at radius 3 is 2.16 bits per heavy atom. The molecule has 0 radical (unpaired) electrons. The van der Waals surface area contributed by atoms with Gasteiger partial charge in [0, 0.05) is 4.90 Å². The molecule has 1 atom stereocenters. The largest absolute Gasteiger partial charge is 0.271 e. The number of thioether (sulfide) groups is 1. The zero-order valence-electron chi connectivity index (χ0n) is 10.4. The van der Waals surface area contributed by atoms with Crippen molar-refractivity contribution >= 4 is 35.0 Å². The maximum Gasteiger partial charge on any atom is 0.0710 e. The number of hydrogen-bond acceptors (Lipinski definition) is 3. The molecule has 0 saturated heterocycles. The Kier molecular flexibility index (Phi) is 5.13. The van der Waals surface area contributed by atoms with Crippen LogP contribution in [0.1, 0.15) is 17.2 Å². The van der Waals surface area contributed by atoms with Crippen LogP contribution in [0.5, 0.6) is 0 Å². The third-order valence-electron chi connectivity index (χ3n) is 2.89. The van der Waals surface area contributed by atoms with Crippen molar-refractivity contribution in [1.82, 2.24) is 5.43 Å². The van der Waals surface area contributed by atoms with E-state index in [1.807, 2.05) is 18.4 Å². The van der Waals surface area contributed by atoms with Gasteiger partial charge in [-0.3, -0.25) is 5.84 Å². The minimum absolute atomic E-state index is 0.106. The molecule has 0 aromatic heterocycles. The minimum Gasteiger partial charge on any atom is -0.271 e. The topological polar surface area (TPSA) is 38.0 Å². The van der Waals surface area contributed by atoms with Crippen LogP contribution in [0.4, 0.5) is 0 Å². The average molecular weight is 313 g/mol. The van der Waals surface area contributed by atoms with Gasteiger partial charge in [-0.25, -0.2) is 5.43 Å².